The molecular weight excluding hydrogens is 196 g/mol. The third-order valence-electron chi connectivity index (χ3n) is 2.00. The molecule has 0 aliphatic heterocycles. The highest BCUT2D eigenvalue weighted by Gasteiger charge is 2.05. The Morgan fingerprint density at radius 2 is 2.14 bits per heavy atom. The lowest BCUT2D eigenvalue weighted by Crippen LogP contribution is -2.16. The summed E-state index contributed by atoms with van der Waals surface area (Å²) in [6, 6.07) is 0. The minimum Gasteiger partial charge on any atom is -0.301 e. The quantitative estimate of drug-likeness (QED) is 0.614. The molecule has 1 rings (SSSR count). The zero-order chi connectivity index (χ0) is 10.6. The Kier molecular flexibility index (Phi) is 4.20. The van der Waals surface area contributed by atoms with E-state index in [9.17, 15) is 4.79 Å². The minimum absolute atomic E-state index is 0.0126. The van der Waals surface area contributed by atoms with Gasteiger partial charge < -0.3 is 4.98 Å². The van der Waals surface area contributed by atoms with Crippen LogP contribution in [0.25, 0.3) is 0 Å². The summed E-state index contributed by atoms with van der Waals surface area (Å²) < 4.78 is 0. The molecule has 1 N–H and O–H groups in total. The third kappa shape index (κ3) is 2.61. The van der Waals surface area contributed by atoms with E-state index in [0.717, 1.165) is 35.0 Å². The van der Waals surface area contributed by atoms with Crippen LogP contribution >= 0.6 is 11.8 Å². The molecule has 0 aliphatic rings. The topological polar surface area (TPSA) is 45.8 Å². The van der Waals surface area contributed by atoms with Crippen LogP contribution < -0.4 is 5.56 Å². The number of nitrogens with zero attached hydrogens (tertiary/aromatic N) is 1. The molecule has 0 saturated heterocycles. The van der Waals surface area contributed by atoms with Crippen molar-refractivity contribution in [2.45, 2.75) is 38.8 Å². The fourth-order valence-electron chi connectivity index (χ4n) is 1.27. The molecule has 0 atom stereocenters. The van der Waals surface area contributed by atoms with Crippen LogP contribution in [0.2, 0.25) is 0 Å². The maximum absolute atomic E-state index is 11.5. The van der Waals surface area contributed by atoms with Gasteiger partial charge in [0.2, 0.25) is 0 Å². The van der Waals surface area contributed by atoms with Gasteiger partial charge in [-0.15, -0.1) is 0 Å². The monoisotopic (exact) mass is 212 g/mol. The molecule has 0 saturated carbocycles. The van der Waals surface area contributed by atoms with Crippen LogP contribution in [0.4, 0.5) is 0 Å². The summed E-state index contributed by atoms with van der Waals surface area (Å²) in [7, 11) is 0. The van der Waals surface area contributed by atoms with Gasteiger partial charge in [0.05, 0.1) is 0 Å². The molecule has 0 fully saturated rings. The van der Waals surface area contributed by atoms with E-state index < -0.39 is 0 Å². The average Bonchev–Trinajstić information content (AvgIpc) is 2.14. The van der Waals surface area contributed by atoms with Gasteiger partial charge >= 0.3 is 0 Å². The number of hydrogen-bond acceptors (Lipinski definition) is 3. The van der Waals surface area contributed by atoms with E-state index in [-0.39, 0.29) is 5.56 Å². The highest BCUT2D eigenvalue weighted by atomic mass is 32.2. The van der Waals surface area contributed by atoms with Crippen molar-refractivity contribution < 1.29 is 0 Å². The lowest BCUT2D eigenvalue weighted by Gasteiger charge is -2.04. The number of rotatable bonds is 4. The number of H-pyrrole nitrogens is 1. The van der Waals surface area contributed by atoms with E-state index in [1.54, 1.807) is 11.8 Å². The van der Waals surface area contributed by atoms with Crippen LogP contribution in [-0.2, 0) is 6.42 Å². The van der Waals surface area contributed by atoms with Crippen molar-refractivity contribution in [3.63, 3.8) is 0 Å². The molecular formula is C10H16N2OS. The fourth-order valence-corrected chi connectivity index (χ4v) is 2.03. The van der Waals surface area contributed by atoms with E-state index in [4.69, 9.17) is 0 Å². The highest BCUT2D eigenvalue weighted by molar-refractivity contribution is 7.99. The number of aromatic amines is 1. The fraction of sp³-hybridized carbons (Fsp3) is 0.600. The maximum atomic E-state index is 11.5. The Morgan fingerprint density at radius 1 is 1.43 bits per heavy atom. The number of aryl methyl sites for hydroxylation is 1. The Balaban J connectivity index is 2.96. The highest BCUT2D eigenvalue weighted by Crippen LogP contribution is 2.13. The molecule has 1 aromatic heterocycles. The van der Waals surface area contributed by atoms with Crippen LogP contribution in [0, 0.1) is 6.92 Å². The van der Waals surface area contributed by atoms with Gasteiger partial charge in [-0.3, -0.25) is 4.79 Å². The Morgan fingerprint density at radius 3 is 2.64 bits per heavy atom. The number of aromatic nitrogens is 2. The molecule has 4 heteroatoms. The molecule has 3 nitrogen and oxygen atoms in total. The van der Waals surface area contributed by atoms with Gasteiger partial charge in [-0.25, -0.2) is 4.98 Å². The molecule has 0 unspecified atom stereocenters. The average molecular weight is 212 g/mol. The van der Waals surface area contributed by atoms with Crippen molar-refractivity contribution in [3.8, 4) is 0 Å². The molecule has 1 heterocycles. The summed E-state index contributed by atoms with van der Waals surface area (Å²) in [5.41, 5.74) is 1.67. The van der Waals surface area contributed by atoms with Crippen LogP contribution in [0.3, 0.4) is 0 Å². The number of thioether (sulfide) groups is 1. The zero-order valence-electron chi connectivity index (χ0n) is 8.89. The van der Waals surface area contributed by atoms with Crippen LogP contribution in [0.1, 0.15) is 31.5 Å². The molecule has 0 spiro atoms. The van der Waals surface area contributed by atoms with E-state index >= 15 is 0 Å². The Hall–Kier alpha value is -0.770. The van der Waals surface area contributed by atoms with Gasteiger partial charge in [-0.2, -0.15) is 0 Å². The van der Waals surface area contributed by atoms with Gasteiger partial charge in [0, 0.05) is 17.0 Å². The predicted molar refractivity (Wildman–Crippen MR) is 60.0 cm³/mol. The minimum atomic E-state index is 0.0126. The van der Waals surface area contributed by atoms with Gasteiger partial charge in [0.15, 0.2) is 5.16 Å². The van der Waals surface area contributed by atoms with Gasteiger partial charge in [-0.1, -0.05) is 25.6 Å². The Labute approximate surface area is 88.3 Å². The summed E-state index contributed by atoms with van der Waals surface area (Å²) in [5, 5.41) is 0.742. The molecule has 78 valence electrons. The van der Waals surface area contributed by atoms with Crippen molar-refractivity contribution in [1.82, 2.24) is 9.97 Å². The zero-order valence-corrected chi connectivity index (χ0v) is 9.70. The summed E-state index contributed by atoms with van der Waals surface area (Å²) in [6.07, 6.45) is 1.83. The summed E-state index contributed by atoms with van der Waals surface area (Å²) in [4.78, 5) is 18.7. The first-order valence-corrected chi connectivity index (χ1v) is 5.90. The molecule has 0 aromatic carbocycles. The smallest absolute Gasteiger partial charge is 0.254 e. The normalized spacial score (nSPS) is 10.5. The third-order valence-corrected chi connectivity index (χ3v) is 3.08. The van der Waals surface area contributed by atoms with E-state index in [1.807, 2.05) is 13.8 Å². The van der Waals surface area contributed by atoms with Crippen molar-refractivity contribution >= 4 is 11.8 Å². The largest absolute Gasteiger partial charge is 0.301 e. The summed E-state index contributed by atoms with van der Waals surface area (Å²) in [6.45, 7) is 5.97. The second-order valence-electron chi connectivity index (χ2n) is 3.14. The van der Waals surface area contributed by atoms with Gasteiger partial charge in [-0.05, 0) is 19.8 Å². The number of hydrogen-bond donors (Lipinski definition) is 1. The van der Waals surface area contributed by atoms with Crippen LogP contribution in [0.15, 0.2) is 9.95 Å². The lowest BCUT2D eigenvalue weighted by atomic mass is 10.2. The van der Waals surface area contributed by atoms with Gasteiger partial charge in [0.1, 0.15) is 0 Å². The van der Waals surface area contributed by atoms with E-state index in [0.29, 0.717) is 0 Å². The SMILES string of the molecule is CCCSc1nc(C)c(CC)c(=O)[nH]1. The van der Waals surface area contributed by atoms with Crippen molar-refractivity contribution in [2.24, 2.45) is 0 Å². The molecule has 0 radical (unpaired) electrons. The molecule has 0 aliphatic carbocycles. The van der Waals surface area contributed by atoms with Crippen molar-refractivity contribution in [1.29, 1.82) is 0 Å². The summed E-state index contributed by atoms with van der Waals surface area (Å²) >= 11 is 1.60. The maximum Gasteiger partial charge on any atom is 0.254 e. The van der Waals surface area contributed by atoms with E-state index in [2.05, 4.69) is 16.9 Å². The second-order valence-corrected chi connectivity index (χ2v) is 4.22. The van der Waals surface area contributed by atoms with Crippen molar-refractivity contribution in [2.75, 3.05) is 5.75 Å². The first-order chi connectivity index (χ1) is 6.69. The standard InChI is InChI=1S/C10H16N2OS/c1-4-6-14-10-11-7(3)8(5-2)9(13)12-10/h4-6H2,1-3H3,(H,11,12,13). The van der Waals surface area contributed by atoms with E-state index in [1.165, 1.54) is 0 Å². The van der Waals surface area contributed by atoms with Crippen LogP contribution in [0.5, 0.6) is 0 Å². The molecule has 14 heavy (non-hydrogen) atoms. The van der Waals surface area contributed by atoms with Gasteiger partial charge in [0.25, 0.3) is 5.56 Å². The first-order valence-electron chi connectivity index (χ1n) is 4.91. The molecule has 0 bridgehead atoms. The Bertz CT molecular complexity index is 360. The number of nitrogens with one attached hydrogen (secondary N) is 1. The first kappa shape index (κ1) is 11.3. The summed E-state index contributed by atoms with van der Waals surface area (Å²) in [5.74, 6) is 0.994. The predicted octanol–water partition coefficient (Wildman–Crippen LogP) is 2.14. The molecule has 1 aromatic rings. The lowest BCUT2D eigenvalue weighted by molar-refractivity contribution is 0.857. The van der Waals surface area contributed by atoms with Crippen LogP contribution in [-0.4, -0.2) is 15.7 Å². The van der Waals surface area contributed by atoms with Crippen molar-refractivity contribution in [3.05, 3.63) is 21.6 Å². The second kappa shape index (κ2) is 5.20. The molecule has 0 amide bonds.